The van der Waals surface area contributed by atoms with Gasteiger partial charge in [-0.15, -0.1) is 0 Å². The van der Waals surface area contributed by atoms with Crippen LogP contribution in [0.4, 0.5) is 0 Å². The Labute approximate surface area is 102 Å². The second kappa shape index (κ2) is 4.57. The van der Waals surface area contributed by atoms with E-state index in [1.54, 1.807) is 14.2 Å². The van der Waals surface area contributed by atoms with Crippen LogP contribution in [0.1, 0.15) is 31.7 Å². The molecule has 0 aromatic heterocycles. The predicted octanol–water partition coefficient (Wildman–Crippen LogP) is 2.71. The lowest BCUT2D eigenvalue weighted by Crippen LogP contribution is -2.28. The Morgan fingerprint density at radius 3 is 2.47 bits per heavy atom. The number of methoxy groups -OCH3 is 2. The molecular weight excluding hydrogens is 216 g/mol. The molecule has 0 saturated heterocycles. The lowest BCUT2D eigenvalue weighted by atomic mass is 9.85. The number of hydrogen-bond acceptors (Lipinski definition) is 3. The summed E-state index contributed by atoms with van der Waals surface area (Å²) in [6.45, 7) is 2.01. The average molecular weight is 236 g/mol. The Bertz CT molecular complexity index is 398. The molecule has 0 heterocycles. The molecule has 3 heteroatoms. The largest absolute Gasteiger partial charge is 0.497 e. The molecule has 1 saturated carbocycles. The normalized spacial score (nSPS) is 18.6. The Balaban J connectivity index is 2.46. The molecule has 1 aromatic carbocycles. The van der Waals surface area contributed by atoms with Gasteiger partial charge in [0.1, 0.15) is 11.5 Å². The monoisotopic (exact) mass is 236 g/mol. The zero-order valence-electron chi connectivity index (χ0n) is 10.7. The molecule has 1 fully saturated rings. The van der Waals surface area contributed by atoms with Crippen LogP contribution >= 0.6 is 0 Å². The third kappa shape index (κ3) is 2.12. The van der Waals surface area contributed by atoms with E-state index in [1.165, 1.54) is 0 Å². The van der Waals surface area contributed by atoms with Crippen LogP contribution in [-0.2, 0) is 5.60 Å². The van der Waals surface area contributed by atoms with Crippen molar-refractivity contribution in [2.45, 2.75) is 31.8 Å². The first-order valence-corrected chi connectivity index (χ1v) is 6.10. The average Bonchev–Trinajstić information content (AvgIpc) is 3.21. The Morgan fingerprint density at radius 2 is 2.00 bits per heavy atom. The van der Waals surface area contributed by atoms with Gasteiger partial charge in [-0.05, 0) is 43.4 Å². The van der Waals surface area contributed by atoms with E-state index in [0.717, 1.165) is 29.9 Å². The highest BCUT2D eigenvalue weighted by molar-refractivity contribution is 5.44. The number of aliphatic hydroxyl groups is 1. The van der Waals surface area contributed by atoms with E-state index in [9.17, 15) is 5.11 Å². The second-order valence-corrected chi connectivity index (χ2v) is 4.62. The molecular formula is C14H20O3. The Morgan fingerprint density at radius 1 is 1.29 bits per heavy atom. The highest BCUT2D eigenvalue weighted by Crippen LogP contribution is 2.50. The first-order valence-electron chi connectivity index (χ1n) is 6.10. The van der Waals surface area contributed by atoms with Crippen LogP contribution in [0.5, 0.6) is 11.5 Å². The van der Waals surface area contributed by atoms with Crippen LogP contribution in [0.3, 0.4) is 0 Å². The minimum Gasteiger partial charge on any atom is -0.497 e. The summed E-state index contributed by atoms with van der Waals surface area (Å²) in [5, 5.41) is 10.8. The quantitative estimate of drug-likeness (QED) is 0.854. The van der Waals surface area contributed by atoms with Gasteiger partial charge in [-0.3, -0.25) is 0 Å². The maximum absolute atomic E-state index is 10.8. The Hall–Kier alpha value is -1.22. The molecule has 1 atom stereocenters. The van der Waals surface area contributed by atoms with Crippen molar-refractivity contribution in [3.8, 4) is 11.5 Å². The van der Waals surface area contributed by atoms with Crippen LogP contribution in [0.25, 0.3) is 0 Å². The molecule has 0 radical (unpaired) electrons. The zero-order valence-corrected chi connectivity index (χ0v) is 10.7. The molecule has 1 aromatic rings. The van der Waals surface area contributed by atoms with E-state index in [-0.39, 0.29) is 0 Å². The lowest BCUT2D eigenvalue weighted by Gasteiger charge is -2.29. The fraction of sp³-hybridized carbons (Fsp3) is 0.571. The van der Waals surface area contributed by atoms with E-state index < -0.39 is 5.60 Å². The van der Waals surface area contributed by atoms with Gasteiger partial charge in [-0.2, -0.15) is 0 Å². The summed E-state index contributed by atoms with van der Waals surface area (Å²) in [6.07, 6.45) is 2.87. The van der Waals surface area contributed by atoms with Crippen molar-refractivity contribution in [3.63, 3.8) is 0 Å². The number of ether oxygens (including phenoxy) is 2. The highest BCUT2D eigenvalue weighted by atomic mass is 16.5. The van der Waals surface area contributed by atoms with Crippen LogP contribution in [0.15, 0.2) is 18.2 Å². The topological polar surface area (TPSA) is 38.7 Å². The fourth-order valence-electron chi connectivity index (χ4n) is 2.41. The summed E-state index contributed by atoms with van der Waals surface area (Å²) in [4.78, 5) is 0. The van der Waals surface area contributed by atoms with Gasteiger partial charge in [0.05, 0.1) is 19.8 Å². The molecule has 94 valence electrons. The Kier molecular flexibility index (Phi) is 3.29. The van der Waals surface area contributed by atoms with Crippen LogP contribution in [0, 0.1) is 5.92 Å². The van der Waals surface area contributed by atoms with E-state index in [4.69, 9.17) is 9.47 Å². The molecule has 3 nitrogen and oxygen atoms in total. The minimum absolute atomic E-state index is 0.355. The van der Waals surface area contributed by atoms with Crippen molar-refractivity contribution in [2.75, 3.05) is 14.2 Å². The van der Waals surface area contributed by atoms with Gasteiger partial charge in [0, 0.05) is 5.56 Å². The van der Waals surface area contributed by atoms with Crippen molar-refractivity contribution in [3.05, 3.63) is 23.8 Å². The van der Waals surface area contributed by atoms with Crippen molar-refractivity contribution in [1.29, 1.82) is 0 Å². The maximum atomic E-state index is 10.8. The predicted molar refractivity (Wildman–Crippen MR) is 66.5 cm³/mol. The lowest BCUT2D eigenvalue weighted by molar-refractivity contribution is 0.00658. The van der Waals surface area contributed by atoms with Gasteiger partial charge < -0.3 is 14.6 Å². The molecule has 1 unspecified atom stereocenters. The summed E-state index contributed by atoms with van der Waals surface area (Å²) in [5.74, 6) is 1.85. The van der Waals surface area contributed by atoms with E-state index in [0.29, 0.717) is 12.3 Å². The first-order chi connectivity index (χ1) is 8.15. The van der Waals surface area contributed by atoms with Crippen LogP contribution in [0.2, 0.25) is 0 Å². The van der Waals surface area contributed by atoms with Crippen molar-refractivity contribution < 1.29 is 14.6 Å². The van der Waals surface area contributed by atoms with E-state index >= 15 is 0 Å². The van der Waals surface area contributed by atoms with E-state index in [1.807, 2.05) is 25.1 Å². The number of hydrogen-bond donors (Lipinski definition) is 1. The van der Waals surface area contributed by atoms with Crippen LogP contribution in [-0.4, -0.2) is 19.3 Å². The maximum Gasteiger partial charge on any atom is 0.125 e. The number of benzene rings is 1. The molecule has 17 heavy (non-hydrogen) atoms. The summed E-state index contributed by atoms with van der Waals surface area (Å²) < 4.78 is 10.6. The molecule has 2 rings (SSSR count). The van der Waals surface area contributed by atoms with Crippen molar-refractivity contribution >= 4 is 0 Å². The third-order valence-electron chi connectivity index (χ3n) is 3.66. The van der Waals surface area contributed by atoms with Crippen molar-refractivity contribution in [2.24, 2.45) is 5.92 Å². The zero-order chi connectivity index (χ0) is 12.5. The first kappa shape index (κ1) is 12.2. The molecule has 1 N–H and O–H groups in total. The molecule has 0 bridgehead atoms. The fourth-order valence-corrected chi connectivity index (χ4v) is 2.41. The molecule has 0 amide bonds. The molecule has 1 aliphatic carbocycles. The van der Waals surface area contributed by atoms with Gasteiger partial charge >= 0.3 is 0 Å². The summed E-state index contributed by atoms with van der Waals surface area (Å²) in [7, 11) is 3.27. The summed E-state index contributed by atoms with van der Waals surface area (Å²) in [5.41, 5.74) is 0.0734. The van der Waals surface area contributed by atoms with E-state index in [2.05, 4.69) is 0 Å². The number of rotatable bonds is 5. The molecule has 0 aliphatic heterocycles. The standard InChI is InChI=1S/C14H20O3/c1-4-14(15,10-5-6-10)12-9-11(16-2)7-8-13(12)17-3/h7-10,15H,4-6H2,1-3H3. The highest BCUT2D eigenvalue weighted by Gasteiger charge is 2.45. The summed E-state index contributed by atoms with van der Waals surface area (Å²) in [6, 6.07) is 5.60. The van der Waals surface area contributed by atoms with Gasteiger partial charge in [0.15, 0.2) is 0 Å². The SMILES string of the molecule is CCC(O)(c1cc(OC)ccc1OC)C1CC1. The van der Waals surface area contributed by atoms with Crippen molar-refractivity contribution in [1.82, 2.24) is 0 Å². The van der Waals surface area contributed by atoms with Gasteiger partial charge in [-0.1, -0.05) is 6.92 Å². The van der Waals surface area contributed by atoms with Crippen LogP contribution < -0.4 is 9.47 Å². The minimum atomic E-state index is -0.778. The van der Waals surface area contributed by atoms with Gasteiger partial charge in [-0.25, -0.2) is 0 Å². The molecule has 1 aliphatic rings. The van der Waals surface area contributed by atoms with Gasteiger partial charge in [0.25, 0.3) is 0 Å². The smallest absolute Gasteiger partial charge is 0.125 e. The second-order valence-electron chi connectivity index (χ2n) is 4.62. The molecule has 0 spiro atoms. The summed E-state index contributed by atoms with van der Waals surface area (Å²) >= 11 is 0. The third-order valence-corrected chi connectivity index (χ3v) is 3.66. The van der Waals surface area contributed by atoms with Gasteiger partial charge in [0.2, 0.25) is 0 Å².